The zero-order valence-electron chi connectivity index (χ0n) is 12.6. The second kappa shape index (κ2) is 5.24. The maximum atomic E-state index is 12.7. The number of hydrogen-bond acceptors (Lipinski definition) is 3. The summed E-state index contributed by atoms with van der Waals surface area (Å²) in [6.45, 7) is 3.23. The van der Waals surface area contributed by atoms with Gasteiger partial charge in [0.2, 0.25) is 0 Å². The molecule has 5 nitrogen and oxygen atoms in total. The van der Waals surface area contributed by atoms with Gasteiger partial charge in [-0.05, 0) is 25.0 Å². The van der Waals surface area contributed by atoms with Crippen molar-refractivity contribution in [2.24, 2.45) is 7.05 Å². The lowest BCUT2D eigenvalue weighted by atomic mass is 9.98. The van der Waals surface area contributed by atoms with Crippen LogP contribution in [0.1, 0.15) is 27.2 Å². The van der Waals surface area contributed by atoms with Gasteiger partial charge in [0.25, 0.3) is 5.91 Å². The van der Waals surface area contributed by atoms with Crippen molar-refractivity contribution in [2.45, 2.75) is 19.9 Å². The predicted molar refractivity (Wildman–Crippen MR) is 79.4 cm³/mol. The highest BCUT2D eigenvalue weighted by atomic mass is 16.5. The number of nitrogens with zero attached hydrogens (tertiary/aromatic N) is 3. The molecule has 0 fully saturated rings. The van der Waals surface area contributed by atoms with E-state index in [1.807, 2.05) is 31.0 Å². The number of rotatable bonds is 2. The molecular formula is C16H19N3O2. The van der Waals surface area contributed by atoms with Crippen LogP contribution in [0.4, 0.5) is 0 Å². The Bertz CT molecular complexity index is 677. The van der Waals surface area contributed by atoms with Gasteiger partial charge in [0, 0.05) is 31.4 Å². The molecule has 0 radical (unpaired) electrons. The molecule has 5 heteroatoms. The summed E-state index contributed by atoms with van der Waals surface area (Å²) in [6, 6.07) is 6.05. The van der Waals surface area contributed by atoms with Gasteiger partial charge in [0.1, 0.15) is 5.75 Å². The average Bonchev–Trinajstić information content (AvgIpc) is 2.85. The maximum absolute atomic E-state index is 12.7. The van der Waals surface area contributed by atoms with Crippen molar-refractivity contribution < 1.29 is 9.53 Å². The van der Waals surface area contributed by atoms with Crippen molar-refractivity contribution in [2.75, 3.05) is 13.7 Å². The summed E-state index contributed by atoms with van der Waals surface area (Å²) >= 11 is 0. The normalized spacial score (nSPS) is 14.0. The van der Waals surface area contributed by atoms with Crippen LogP contribution in [0.2, 0.25) is 0 Å². The van der Waals surface area contributed by atoms with Crippen molar-refractivity contribution in [3.63, 3.8) is 0 Å². The molecule has 0 spiro atoms. The highest BCUT2D eigenvalue weighted by molar-refractivity contribution is 5.95. The van der Waals surface area contributed by atoms with E-state index < -0.39 is 0 Å². The van der Waals surface area contributed by atoms with Gasteiger partial charge in [-0.3, -0.25) is 9.48 Å². The first-order valence-corrected chi connectivity index (χ1v) is 7.04. The van der Waals surface area contributed by atoms with Crippen molar-refractivity contribution in [3.05, 3.63) is 46.8 Å². The summed E-state index contributed by atoms with van der Waals surface area (Å²) in [4.78, 5) is 14.5. The Kier molecular flexibility index (Phi) is 3.41. The Morgan fingerprint density at radius 3 is 2.86 bits per heavy atom. The number of methoxy groups -OCH3 is 1. The van der Waals surface area contributed by atoms with Gasteiger partial charge in [-0.25, -0.2) is 0 Å². The number of aromatic nitrogens is 2. The van der Waals surface area contributed by atoms with Gasteiger partial charge < -0.3 is 9.64 Å². The number of carbonyl (C=O) groups is 1. The highest BCUT2D eigenvalue weighted by Gasteiger charge is 2.25. The molecule has 0 aliphatic carbocycles. The van der Waals surface area contributed by atoms with Gasteiger partial charge in [0.05, 0.1) is 18.9 Å². The van der Waals surface area contributed by atoms with Crippen molar-refractivity contribution >= 4 is 5.91 Å². The summed E-state index contributed by atoms with van der Waals surface area (Å²) in [7, 11) is 3.52. The molecular weight excluding hydrogens is 266 g/mol. The lowest BCUT2D eigenvalue weighted by Crippen LogP contribution is -2.36. The molecule has 0 saturated heterocycles. The molecule has 1 aromatic carbocycles. The standard InChI is InChI=1S/C16H19N3O2/c1-11-13(9-17-18(11)2)16(20)19-8-7-12-5-4-6-15(21-3)14(12)10-19/h4-6,9H,7-8,10H2,1-3H3. The molecule has 1 amide bonds. The smallest absolute Gasteiger partial charge is 0.257 e. The van der Waals surface area contributed by atoms with Crippen LogP contribution in [0.25, 0.3) is 0 Å². The minimum absolute atomic E-state index is 0.0390. The first-order chi connectivity index (χ1) is 10.1. The quantitative estimate of drug-likeness (QED) is 0.847. The lowest BCUT2D eigenvalue weighted by Gasteiger charge is -2.29. The number of carbonyl (C=O) groups excluding carboxylic acids is 1. The SMILES string of the molecule is COc1cccc2c1CN(C(=O)c1cnn(C)c1C)CC2. The summed E-state index contributed by atoms with van der Waals surface area (Å²) in [5.74, 6) is 0.894. The molecule has 0 saturated carbocycles. The second-order valence-corrected chi connectivity index (χ2v) is 5.34. The molecule has 3 rings (SSSR count). The van der Waals surface area contributed by atoms with E-state index in [2.05, 4.69) is 11.2 Å². The number of aryl methyl sites for hydroxylation is 1. The monoisotopic (exact) mass is 285 g/mol. The molecule has 2 aromatic rings. The van der Waals surface area contributed by atoms with E-state index in [1.165, 1.54) is 5.56 Å². The van der Waals surface area contributed by atoms with Gasteiger partial charge in [-0.1, -0.05) is 12.1 Å². The van der Waals surface area contributed by atoms with Gasteiger partial charge in [-0.15, -0.1) is 0 Å². The number of ether oxygens (including phenoxy) is 1. The predicted octanol–water partition coefficient (Wildman–Crippen LogP) is 1.94. The molecule has 0 N–H and O–H groups in total. The van der Waals surface area contributed by atoms with Crippen LogP contribution in [0, 0.1) is 6.92 Å². The van der Waals surface area contributed by atoms with Crippen LogP contribution < -0.4 is 4.74 Å². The highest BCUT2D eigenvalue weighted by Crippen LogP contribution is 2.28. The Morgan fingerprint density at radius 2 is 2.19 bits per heavy atom. The fourth-order valence-electron chi connectivity index (χ4n) is 2.79. The summed E-state index contributed by atoms with van der Waals surface area (Å²) in [5, 5.41) is 4.15. The fraction of sp³-hybridized carbons (Fsp3) is 0.375. The van der Waals surface area contributed by atoms with E-state index in [0.717, 1.165) is 30.0 Å². The molecule has 0 unspecified atom stereocenters. The van der Waals surface area contributed by atoms with E-state index in [-0.39, 0.29) is 5.91 Å². The fourth-order valence-corrected chi connectivity index (χ4v) is 2.79. The minimum Gasteiger partial charge on any atom is -0.496 e. The van der Waals surface area contributed by atoms with E-state index in [9.17, 15) is 4.79 Å². The number of amides is 1. The topological polar surface area (TPSA) is 47.4 Å². The van der Waals surface area contributed by atoms with Crippen LogP contribution in [-0.2, 0) is 20.0 Å². The van der Waals surface area contributed by atoms with Crippen molar-refractivity contribution in [3.8, 4) is 5.75 Å². The lowest BCUT2D eigenvalue weighted by molar-refractivity contribution is 0.0732. The number of benzene rings is 1. The van der Waals surface area contributed by atoms with E-state index in [0.29, 0.717) is 12.1 Å². The Balaban J connectivity index is 1.89. The van der Waals surface area contributed by atoms with Crippen LogP contribution in [0.5, 0.6) is 5.75 Å². The van der Waals surface area contributed by atoms with Gasteiger partial charge in [-0.2, -0.15) is 5.10 Å². The Hall–Kier alpha value is -2.30. The van der Waals surface area contributed by atoms with Crippen LogP contribution >= 0.6 is 0 Å². The van der Waals surface area contributed by atoms with Crippen LogP contribution in [-0.4, -0.2) is 34.2 Å². The molecule has 0 bridgehead atoms. The van der Waals surface area contributed by atoms with Crippen LogP contribution in [0.15, 0.2) is 24.4 Å². The molecule has 110 valence electrons. The molecule has 1 aliphatic heterocycles. The first-order valence-electron chi connectivity index (χ1n) is 7.04. The van der Waals surface area contributed by atoms with Gasteiger partial charge in [0.15, 0.2) is 0 Å². The number of hydrogen-bond donors (Lipinski definition) is 0. The zero-order valence-corrected chi connectivity index (χ0v) is 12.6. The van der Waals surface area contributed by atoms with Crippen molar-refractivity contribution in [1.82, 2.24) is 14.7 Å². The molecule has 1 aromatic heterocycles. The molecule has 1 aliphatic rings. The largest absolute Gasteiger partial charge is 0.496 e. The number of fused-ring (bicyclic) bond motifs is 1. The summed E-state index contributed by atoms with van der Waals surface area (Å²) < 4.78 is 7.15. The minimum atomic E-state index is 0.0390. The molecule has 2 heterocycles. The third kappa shape index (κ3) is 2.28. The molecule has 21 heavy (non-hydrogen) atoms. The summed E-state index contributed by atoms with van der Waals surface area (Å²) in [5.41, 5.74) is 3.95. The van der Waals surface area contributed by atoms with E-state index in [4.69, 9.17) is 4.74 Å². The van der Waals surface area contributed by atoms with E-state index in [1.54, 1.807) is 18.0 Å². The Morgan fingerprint density at radius 1 is 1.38 bits per heavy atom. The average molecular weight is 285 g/mol. The third-order valence-corrected chi connectivity index (χ3v) is 4.20. The van der Waals surface area contributed by atoms with E-state index >= 15 is 0 Å². The van der Waals surface area contributed by atoms with Crippen LogP contribution in [0.3, 0.4) is 0 Å². The van der Waals surface area contributed by atoms with Crippen molar-refractivity contribution in [1.29, 1.82) is 0 Å². The third-order valence-electron chi connectivity index (χ3n) is 4.20. The summed E-state index contributed by atoms with van der Waals surface area (Å²) in [6.07, 6.45) is 2.51. The molecule has 0 atom stereocenters. The first kappa shape index (κ1) is 13.7. The Labute approximate surface area is 124 Å². The zero-order chi connectivity index (χ0) is 15.0. The van der Waals surface area contributed by atoms with Gasteiger partial charge >= 0.3 is 0 Å². The second-order valence-electron chi connectivity index (χ2n) is 5.34. The maximum Gasteiger partial charge on any atom is 0.257 e.